The number of ketones is 1. The SMILES string of the molecule is Cc1cc(OCc2c(F)cccc2F)cc2c1C(=O)/C(=C/c1ccc(C(C)(C)C)cc1)O2. The van der Waals surface area contributed by atoms with E-state index >= 15 is 0 Å². The average Bonchev–Trinajstić information content (AvgIpc) is 3.03. The summed E-state index contributed by atoms with van der Waals surface area (Å²) in [5, 5.41) is 0. The second-order valence-electron chi connectivity index (χ2n) is 8.91. The number of allylic oxidation sites excluding steroid dienone is 1. The zero-order valence-electron chi connectivity index (χ0n) is 18.5. The van der Waals surface area contributed by atoms with Crippen molar-refractivity contribution in [2.75, 3.05) is 0 Å². The van der Waals surface area contributed by atoms with Gasteiger partial charge in [0.1, 0.15) is 29.7 Å². The van der Waals surface area contributed by atoms with Crippen LogP contribution in [0.3, 0.4) is 0 Å². The standard InChI is InChI=1S/C27H24F2O3/c1-16-12-19(31-15-20-21(28)6-5-7-22(20)29)14-23-25(16)26(30)24(32-23)13-17-8-10-18(11-9-17)27(2,3)4/h5-14H,15H2,1-4H3/b24-13-. The van der Waals surface area contributed by atoms with Crippen molar-refractivity contribution in [2.45, 2.75) is 39.7 Å². The van der Waals surface area contributed by atoms with Gasteiger partial charge in [0.15, 0.2) is 5.76 Å². The number of Topliss-reactive ketones (excluding diaryl/α,β-unsaturated/α-hetero) is 1. The van der Waals surface area contributed by atoms with Crippen LogP contribution in [0.25, 0.3) is 6.08 Å². The van der Waals surface area contributed by atoms with Gasteiger partial charge in [-0.25, -0.2) is 8.78 Å². The largest absolute Gasteiger partial charge is 0.489 e. The van der Waals surface area contributed by atoms with E-state index in [4.69, 9.17) is 9.47 Å². The number of aryl methyl sites for hydroxylation is 1. The second kappa shape index (κ2) is 8.23. The molecule has 4 rings (SSSR count). The molecule has 0 saturated heterocycles. The number of benzene rings is 3. The Kier molecular flexibility index (Phi) is 5.59. The van der Waals surface area contributed by atoms with Gasteiger partial charge in [-0.05, 0) is 53.3 Å². The van der Waals surface area contributed by atoms with Crippen LogP contribution in [0, 0.1) is 18.6 Å². The van der Waals surface area contributed by atoms with Gasteiger partial charge in [-0.15, -0.1) is 0 Å². The molecule has 0 saturated carbocycles. The maximum absolute atomic E-state index is 13.9. The number of carbonyl (C=O) groups excluding carboxylic acids is 1. The molecule has 0 aliphatic carbocycles. The van der Waals surface area contributed by atoms with E-state index in [2.05, 4.69) is 20.8 Å². The summed E-state index contributed by atoms with van der Waals surface area (Å²) in [6, 6.07) is 14.9. The average molecular weight is 434 g/mol. The van der Waals surface area contributed by atoms with Gasteiger partial charge >= 0.3 is 0 Å². The van der Waals surface area contributed by atoms with Gasteiger partial charge in [0, 0.05) is 6.07 Å². The smallest absolute Gasteiger partial charge is 0.232 e. The third-order valence-corrected chi connectivity index (χ3v) is 5.46. The Morgan fingerprint density at radius 1 is 1.00 bits per heavy atom. The molecule has 1 aliphatic heterocycles. The van der Waals surface area contributed by atoms with E-state index in [1.54, 1.807) is 25.1 Å². The zero-order chi connectivity index (χ0) is 23.0. The van der Waals surface area contributed by atoms with E-state index in [0.29, 0.717) is 22.6 Å². The van der Waals surface area contributed by atoms with Crippen molar-refractivity contribution in [3.8, 4) is 11.5 Å². The van der Waals surface area contributed by atoms with Crippen LogP contribution in [-0.2, 0) is 12.0 Å². The third kappa shape index (κ3) is 4.28. The quantitative estimate of drug-likeness (QED) is 0.425. The van der Waals surface area contributed by atoms with E-state index in [-0.39, 0.29) is 29.1 Å². The first kappa shape index (κ1) is 21.8. The summed E-state index contributed by atoms with van der Waals surface area (Å²) < 4.78 is 39.1. The number of fused-ring (bicyclic) bond motifs is 1. The van der Waals surface area contributed by atoms with Crippen LogP contribution < -0.4 is 9.47 Å². The molecule has 0 bridgehead atoms. The maximum Gasteiger partial charge on any atom is 0.232 e. The predicted molar refractivity (Wildman–Crippen MR) is 120 cm³/mol. The summed E-state index contributed by atoms with van der Waals surface area (Å²) in [4.78, 5) is 12.9. The van der Waals surface area contributed by atoms with Gasteiger partial charge in [-0.2, -0.15) is 0 Å². The molecule has 3 nitrogen and oxygen atoms in total. The molecule has 1 aliphatic rings. The molecule has 5 heteroatoms. The lowest BCUT2D eigenvalue weighted by Gasteiger charge is -2.18. The molecule has 3 aromatic rings. The lowest BCUT2D eigenvalue weighted by Crippen LogP contribution is -2.10. The van der Waals surface area contributed by atoms with Gasteiger partial charge in [0.25, 0.3) is 0 Å². The lowest BCUT2D eigenvalue weighted by molar-refractivity contribution is 0.101. The van der Waals surface area contributed by atoms with Crippen molar-refractivity contribution in [1.29, 1.82) is 0 Å². The predicted octanol–water partition coefficient (Wildman–Crippen LogP) is 6.77. The van der Waals surface area contributed by atoms with Crippen molar-refractivity contribution in [1.82, 2.24) is 0 Å². The number of carbonyl (C=O) groups is 1. The maximum atomic E-state index is 13.9. The third-order valence-electron chi connectivity index (χ3n) is 5.46. The van der Waals surface area contributed by atoms with Crippen molar-refractivity contribution < 1.29 is 23.0 Å². The molecule has 164 valence electrons. The van der Waals surface area contributed by atoms with E-state index in [1.165, 1.54) is 23.8 Å². The van der Waals surface area contributed by atoms with E-state index in [9.17, 15) is 13.6 Å². The van der Waals surface area contributed by atoms with Crippen LogP contribution in [0.1, 0.15) is 53.4 Å². The minimum atomic E-state index is -0.669. The minimum Gasteiger partial charge on any atom is -0.489 e. The van der Waals surface area contributed by atoms with Gasteiger partial charge in [-0.3, -0.25) is 4.79 Å². The first-order chi connectivity index (χ1) is 15.1. The van der Waals surface area contributed by atoms with Gasteiger partial charge in [0.2, 0.25) is 5.78 Å². The van der Waals surface area contributed by atoms with Crippen LogP contribution in [-0.4, -0.2) is 5.78 Å². The number of rotatable bonds is 4. The molecule has 0 fully saturated rings. The Bertz CT molecular complexity index is 1200. The van der Waals surface area contributed by atoms with Crippen molar-refractivity contribution in [3.63, 3.8) is 0 Å². The second-order valence-corrected chi connectivity index (χ2v) is 8.91. The van der Waals surface area contributed by atoms with Crippen LogP contribution in [0.15, 0.2) is 60.4 Å². The lowest BCUT2D eigenvalue weighted by atomic mass is 9.86. The van der Waals surface area contributed by atoms with Gasteiger partial charge in [0.05, 0.1) is 11.1 Å². The summed E-state index contributed by atoms with van der Waals surface area (Å²) >= 11 is 0. The molecule has 1 heterocycles. The van der Waals surface area contributed by atoms with E-state index in [1.807, 2.05) is 24.3 Å². The molecular formula is C27H24F2O3. The Morgan fingerprint density at radius 3 is 2.28 bits per heavy atom. The van der Waals surface area contributed by atoms with Crippen molar-refractivity contribution in [2.24, 2.45) is 0 Å². The fourth-order valence-electron chi connectivity index (χ4n) is 3.62. The molecule has 3 aromatic carbocycles. The Labute approximate surface area is 186 Å². The Hall–Kier alpha value is -3.47. The fourth-order valence-corrected chi connectivity index (χ4v) is 3.62. The topological polar surface area (TPSA) is 35.5 Å². The zero-order valence-corrected chi connectivity index (χ0v) is 18.5. The molecule has 0 atom stereocenters. The minimum absolute atomic E-state index is 0.0423. The molecule has 32 heavy (non-hydrogen) atoms. The highest BCUT2D eigenvalue weighted by molar-refractivity contribution is 6.15. The highest BCUT2D eigenvalue weighted by Crippen LogP contribution is 2.38. The molecule has 0 N–H and O–H groups in total. The van der Waals surface area contributed by atoms with E-state index in [0.717, 1.165) is 5.56 Å². The summed E-state index contributed by atoms with van der Waals surface area (Å²) in [6.07, 6.45) is 1.71. The van der Waals surface area contributed by atoms with Crippen molar-refractivity contribution >= 4 is 11.9 Å². The van der Waals surface area contributed by atoms with Crippen LogP contribution in [0.4, 0.5) is 8.78 Å². The molecule has 0 amide bonds. The Balaban J connectivity index is 1.56. The molecule has 0 unspecified atom stereocenters. The number of halogens is 2. The first-order valence-electron chi connectivity index (χ1n) is 10.4. The van der Waals surface area contributed by atoms with Crippen LogP contribution in [0.2, 0.25) is 0 Å². The van der Waals surface area contributed by atoms with Crippen LogP contribution in [0.5, 0.6) is 11.5 Å². The summed E-state index contributed by atoms with van der Waals surface area (Å²) in [7, 11) is 0. The molecule has 0 aromatic heterocycles. The fraction of sp³-hybridized carbons (Fsp3) is 0.222. The molecular weight excluding hydrogens is 410 g/mol. The van der Waals surface area contributed by atoms with Crippen LogP contribution >= 0.6 is 0 Å². The molecule has 0 radical (unpaired) electrons. The summed E-state index contributed by atoms with van der Waals surface area (Å²) in [5.41, 5.74) is 3.08. The number of hydrogen-bond acceptors (Lipinski definition) is 3. The number of ether oxygens (including phenoxy) is 2. The normalized spacial score (nSPS) is 14.4. The summed E-state index contributed by atoms with van der Waals surface area (Å²) in [5.74, 6) is -0.578. The highest BCUT2D eigenvalue weighted by Gasteiger charge is 2.30. The summed E-state index contributed by atoms with van der Waals surface area (Å²) in [6.45, 7) is 7.93. The van der Waals surface area contributed by atoms with Gasteiger partial charge in [-0.1, -0.05) is 51.1 Å². The monoisotopic (exact) mass is 434 g/mol. The highest BCUT2D eigenvalue weighted by atomic mass is 19.1. The van der Waals surface area contributed by atoms with Crippen molar-refractivity contribution in [3.05, 3.63) is 99.8 Å². The number of hydrogen-bond donors (Lipinski definition) is 0. The molecule has 0 spiro atoms. The van der Waals surface area contributed by atoms with E-state index < -0.39 is 11.6 Å². The Morgan fingerprint density at radius 2 is 1.66 bits per heavy atom. The first-order valence-corrected chi connectivity index (χ1v) is 10.4. The van der Waals surface area contributed by atoms with Gasteiger partial charge < -0.3 is 9.47 Å².